The molecule has 0 spiro atoms. The summed E-state index contributed by atoms with van der Waals surface area (Å²) in [6.07, 6.45) is 4.14. The Hall–Kier alpha value is -3.13. The molecular formula is C23H27N3O5. The number of amides is 1. The van der Waals surface area contributed by atoms with E-state index in [1.54, 1.807) is 26.3 Å². The van der Waals surface area contributed by atoms with Gasteiger partial charge in [-0.3, -0.25) is 4.79 Å². The lowest BCUT2D eigenvalue weighted by molar-refractivity contribution is -0.149. The van der Waals surface area contributed by atoms with Crippen LogP contribution in [0, 0.1) is 5.92 Å². The number of hydrogen-bond donors (Lipinski definition) is 2. The highest BCUT2D eigenvalue weighted by Gasteiger charge is 2.61. The molecule has 31 heavy (non-hydrogen) atoms. The standard InChI is InChI=1S/C23H27N3O5/c1-4-15-12-23(15,22(28)30-5-2)26-20(27)19-11-17(13-25-19)31-21-18-7-6-16(29-3)10-14(18)8-9-24-21/h4,6-10,15,17,19,25H,1,5,11-13H2,2-3H3,(H,26,27)/t15-,17-,19+,23-/m1/s1. The van der Waals surface area contributed by atoms with E-state index in [0.717, 1.165) is 16.5 Å². The number of nitrogens with zero attached hydrogens (tertiary/aromatic N) is 1. The molecule has 8 nitrogen and oxygen atoms in total. The van der Waals surface area contributed by atoms with Crippen molar-refractivity contribution in [2.45, 2.75) is 37.5 Å². The zero-order valence-corrected chi connectivity index (χ0v) is 17.7. The molecule has 1 aromatic carbocycles. The number of nitrogens with one attached hydrogen (secondary N) is 2. The van der Waals surface area contributed by atoms with Gasteiger partial charge in [0.15, 0.2) is 0 Å². The summed E-state index contributed by atoms with van der Waals surface area (Å²) in [5, 5.41) is 7.92. The SMILES string of the molecule is C=C[C@@H]1C[C@]1(NC(=O)[C@@H]1C[C@@H](Oc2nccc3cc(OC)ccc23)CN1)C(=O)OCC. The van der Waals surface area contributed by atoms with Gasteiger partial charge in [-0.15, -0.1) is 6.58 Å². The summed E-state index contributed by atoms with van der Waals surface area (Å²) in [5.74, 6) is 0.525. The summed E-state index contributed by atoms with van der Waals surface area (Å²) in [6.45, 7) is 6.27. The summed E-state index contributed by atoms with van der Waals surface area (Å²) < 4.78 is 16.5. The first-order valence-corrected chi connectivity index (χ1v) is 10.4. The first kappa shape index (κ1) is 21.1. The lowest BCUT2D eigenvalue weighted by Crippen LogP contribution is -2.51. The number of carbonyl (C=O) groups is 2. The topological polar surface area (TPSA) is 98.8 Å². The van der Waals surface area contributed by atoms with E-state index in [1.807, 2.05) is 24.3 Å². The average Bonchev–Trinajstić information content (AvgIpc) is 3.30. The molecule has 2 aromatic rings. The van der Waals surface area contributed by atoms with Gasteiger partial charge in [0.2, 0.25) is 11.8 Å². The fraction of sp³-hybridized carbons (Fsp3) is 0.435. The Bertz CT molecular complexity index is 1010. The van der Waals surface area contributed by atoms with Crippen molar-refractivity contribution >= 4 is 22.6 Å². The second kappa shape index (κ2) is 8.55. The molecule has 4 rings (SSSR count). The van der Waals surface area contributed by atoms with Gasteiger partial charge in [-0.05, 0) is 43.0 Å². The zero-order valence-electron chi connectivity index (χ0n) is 17.7. The maximum atomic E-state index is 12.9. The predicted octanol–water partition coefficient (Wildman–Crippen LogP) is 1.98. The number of benzene rings is 1. The summed E-state index contributed by atoms with van der Waals surface area (Å²) >= 11 is 0. The lowest BCUT2D eigenvalue weighted by atomic mass is 10.1. The van der Waals surface area contributed by atoms with E-state index in [4.69, 9.17) is 14.2 Å². The quantitative estimate of drug-likeness (QED) is 0.493. The lowest BCUT2D eigenvalue weighted by Gasteiger charge is -2.20. The van der Waals surface area contributed by atoms with Gasteiger partial charge < -0.3 is 24.8 Å². The van der Waals surface area contributed by atoms with Crippen LogP contribution in [0.25, 0.3) is 10.8 Å². The highest BCUT2D eigenvalue weighted by molar-refractivity contribution is 5.93. The fourth-order valence-corrected chi connectivity index (χ4v) is 4.07. The van der Waals surface area contributed by atoms with Crippen LogP contribution < -0.4 is 20.1 Å². The molecule has 4 atom stereocenters. The molecule has 0 bridgehead atoms. The summed E-state index contributed by atoms with van der Waals surface area (Å²) in [5.41, 5.74) is -0.994. The maximum absolute atomic E-state index is 12.9. The number of ether oxygens (including phenoxy) is 3. The third kappa shape index (κ3) is 4.07. The number of hydrogen-bond acceptors (Lipinski definition) is 7. The predicted molar refractivity (Wildman–Crippen MR) is 115 cm³/mol. The number of aromatic nitrogens is 1. The molecule has 2 fully saturated rings. The molecular weight excluding hydrogens is 398 g/mol. The van der Waals surface area contributed by atoms with Crippen molar-refractivity contribution in [3.63, 3.8) is 0 Å². The highest BCUT2D eigenvalue weighted by atomic mass is 16.5. The Labute approximate surface area is 181 Å². The van der Waals surface area contributed by atoms with Crippen LogP contribution in [0.3, 0.4) is 0 Å². The van der Waals surface area contributed by atoms with E-state index >= 15 is 0 Å². The van der Waals surface area contributed by atoms with Crippen molar-refractivity contribution in [2.24, 2.45) is 5.92 Å². The van der Waals surface area contributed by atoms with Crippen molar-refractivity contribution in [2.75, 3.05) is 20.3 Å². The molecule has 164 valence electrons. The van der Waals surface area contributed by atoms with E-state index in [9.17, 15) is 9.59 Å². The Morgan fingerprint density at radius 1 is 1.39 bits per heavy atom. The van der Waals surface area contributed by atoms with Crippen molar-refractivity contribution < 1.29 is 23.8 Å². The van der Waals surface area contributed by atoms with Gasteiger partial charge in [0, 0.05) is 30.5 Å². The van der Waals surface area contributed by atoms with Crippen LogP contribution in [0.4, 0.5) is 0 Å². The first-order chi connectivity index (χ1) is 15.0. The summed E-state index contributed by atoms with van der Waals surface area (Å²) in [6, 6.07) is 7.13. The fourth-order valence-electron chi connectivity index (χ4n) is 4.07. The second-order valence-corrected chi connectivity index (χ2v) is 7.87. The summed E-state index contributed by atoms with van der Waals surface area (Å²) in [7, 11) is 1.63. The number of fused-ring (bicyclic) bond motifs is 1. The van der Waals surface area contributed by atoms with Crippen LogP contribution in [-0.4, -0.2) is 54.8 Å². The van der Waals surface area contributed by atoms with Crippen LogP contribution in [0.1, 0.15) is 19.8 Å². The van der Waals surface area contributed by atoms with Crippen LogP contribution in [-0.2, 0) is 14.3 Å². The Morgan fingerprint density at radius 3 is 2.94 bits per heavy atom. The molecule has 1 amide bonds. The average molecular weight is 425 g/mol. The Morgan fingerprint density at radius 2 is 2.23 bits per heavy atom. The van der Waals surface area contributed by atoms with Crippen molar-refractivity contribution in [3.8, 4) is 11.6 Å². The molecule has 1 saturated carbocycles. The minimum atomic E-state index is -0.994. The number of methoxy groups -OCH3 is 1. The second-order valence-electron chi connectivity index (χ2n) is 7.87. The van der Waals surface area contributed by atoms with Crippen molar-refractivity contribution in [1.29, 1.82) is 0 Å². The molecule has 1 aliphatic heterocycles. The van der Waals surface area contributed by atoms with E-state index in [0.29, 0.717) is 25.3 Å². The normalized spacial score (nSPS) is 26.8. The molecule has 8 heteroatoms. The zero-order chi connectivity index (χ0) is 22.0. The van der Waals surface area contributed by atoms with Crippen LogP contribution in [0.2, 0.25) is 0 Å². The van der Waals surface area contributed by atoms with Crippen LogP contribution in [0.15, 0.2) is 43.1 Å². The maximum Gasteiger partial charge on any atom is 0.332 e. The molecule has 0 radical (unpaired) electrons. The largest absolute Gasteiger partial charge is 0.497 e. The number of rotatable bonds is 8. The molecule has 2 aliphatic rings. The molecule has 1 aromatic heterocycles. The number of esters is 1. The highest BCUT2D eigenvalue weighted by Crippen LogP contribution is 2.45. The first-order valence-electron chi connectivity index (χ1n) is 10.4. The van der Waals surface area contributed by atoms with E-state index < -0.39 is 17.6 Å². The monoisotopic (exact) mass is 425 g/mol. The smallest absolute Gasteiger partial charge is 0.332 e. The van der Waals surface area contributed by atoms with Crippen molar-refractivity contribution in [1.82, 2.24) is 15.6 Å². The van der Waals surface area contributed by atoms with Gasteiger partial charge in [0.25, 0.3) is 0 Å². The van der Waals surface area contributed by atoms with Crippen molar-refractivity contribution in [3.05, 3.63) is 43.1 Å². The minimum absolute atomic E-state index is 0.110. The van der Waals surface area contributed by atoms with E-state index in [2.05, 4.69) is 22.2 Å². The molecule has 1 saturated heterocycles. The van der Waals surface area contributed by atoms with Crippen LogP contribution in [0.5, 0.6) is 11.6 Å². The number of carbonyl (C=O) groups excluding carboxylic acids is 2. The minimum Gasteiger partial charge on any atom is -0.497 e. The molecule has 2 N–H and O–H groups in total. The Balaban J connectivity index is 1.41. The van der Waals surface area contributed by atoms with Gasteiger partial charge in [0.1, 0.15) is 17.4 Å². The van der Waals surface area contributed by atoms with E-state index in [1.165, 1.54) is 0 Å². The molecule has 2 heterocycles. The van der Waals surface area contributed by atoms with E-state index in [-0.39, 0.29) is 24.5 Å². The van der Waals surface area contributed by atoms with Gasteiger partial charge in [-0.25, -0.2) is 9.78 Å². The number of pyridine rings is 1. The third-order valence-electron chi connectivity index (χ3n) is 5.91. The van der Waals surface area contributed by atoms with Crippen LogP contribution >= 0.6 is 0 Å². The van der Waals surface area contributed by atoms with Gasteiger partial charge in [-0.1, -0.05) is 6.08 Å². The molecule has 1 aliphatic carbocycles. The van der Waals surface area contributed by atoms with Gasteiger partial charge in [-0.2, -0.15) is 0 Å². The van der Waals surface area contributed by atoms with Gasteiger partial charge in [0.05, 0.1) is 19.8 Å². The third-order valence-corrected chi connectivity index (χ3v) is 5.91. The molecule has 0 unspecified atom stereocenters. The Kier molecular flexibility index (Phi) is 5.82. The summed E-state index contributed by atoms with van der Waals surface area (Å²) in [4.78, 5) is 29.6. The van der Waals surface area contributed by atoms with Gasteiger partial charge >= 0.3 is 5.97 Å².